The van der Waals surface area contributed by atoms with Gasteiger partial charge in [0, 0.05) is 6.04 Å². The minimum Gasteiger partial charge on any atom is -0.481 e. The molecule has 0 aliphatic heterocycles. The van der Waals surface area contributed by atoms with E-state index in [2.05, 4.69) is 5.32 Å². The molecule has 18 heavy (non-hydrogen) atoms. The molecular weight excluding hydrogens is 232 g/mol. The molecule has 1 aliphatic rings. The number of amides is 1. The normalized spacial score (nSPS) is 25.8. The van der Waals surface area contributed by atoms with Crippen molar-refractivity contribution in [3.05, 3.63) is 0 Å². The number of nitrogens with one attached hydrogen (secondary N) is 1. The number of hydrogen-bond donors (Lipinski definition) is 3. The number of carbonyl (C=O) groups excluding carboxylic acids is 1. The molecule has 0 spiro atoms. The second kappa shape index (κ2) is 6.73. The maximum atomic E-state index is 11.8. The van der Waals surface area contributed by atoms with Gasteiger partial charge in [0.05, 0.1) is 12.0 Å². The summed E-state index contributed by atoms with van der Waals surface area (Å²) >= 11 is 0. The number of aliphatic carboxylic acids is 1. The lowest BCUT2D eigenvalue weighted by molar-refractivity contribution is -0.142. The van der Waals surface area contributed by atoms with E-state index in [0.717, 1.165) is 12.8 Å². The van der Waals surface area contributed by atoms with Crippen molar-refractivity contribution in [3.8, 4) is 0 Å². The smallest absolute Gasteiger partial charge is 0.306 e. The van der Waals surface area contributed by atoms with Crippen LogP contribution in [0.4, 0.5) is 0 Å². The SMILES string of the molecule is CC(C)CC(N)C(=O)NC1CCC(C(=O)O)CC1. The van der Waals surface area contributed by atoms with Crippen molar-refractivity contribution in [2.24, 2.45) is 17.6 Å². The molecule has 0 heterocycles. The first kappa shape index (κ1) is 15.0. The van der Waals surface area contributed by atoms with E-state index >= 15 is 0 Å². The zero-order valence-corrected chi connectivity index (χ0v) is 11.2. The average molecular weight is 256 g/mol. The zero-order valence-electron chi connectivity index (χ0n) is 11.2. The number of carboxylic acids is 1. The largest absolute Gasteiger partial charge is 0.481 e. The van der Waals surface area contributed by atoms with Crippen LogP contribution in [0, 0.1) is 11.8 Å². The highest BCUT2D eigenvalue weighted by atomic mass is 16.4. The van der Waals surface area contributed by atoms with Gasteiger partial charge in [0.1, 0.15) is 0 Å². The highest BCUT2D eigenvalue weighted by Gasteiger charge is 2.27. The zero-order chi connectivity index (χ0) is 13.7. The molecule has 0 aromatic heterocycles. The fourth-order valence-electron chi connectivity index (χ4n) is 2.41. The van der Waals surface area contributed by atoms with Crippen LogP contribution in [-0.4, -0.2) is 29.1 Å². The second-order valence-electron chi connectivity index (χ2n) is 5.63. The molecule has 0 radical (unpaired) electrons. The van der Waals surface area contributed by atoms with Crippen LogP contribution in [-0.2, 0) is 9.59 Å². The molecule has 0 bridgehead atoms. The molecular formula is C13H24N2O3. The van der Waals surface area contributed by atoms with Gasteiger partial charge in [-0.25, -0.2) is 0 Å². The lowest BCUT2D eigenvalue weighted by atomic mass is 9.86. The van der Waals surface area contributed by atoms with Crippen LogP contribution in [0.1, 0.15) is 46.0 Å². The van der Waals surface area contributed by atoms with Crippen LogP contribution in [0.15, 0.2) is 0 Å². The minimum atomic E-state index is -0.726. The van der Waals surface area contributed by atoms with Crippen molar-refractivity contribution in [1.29, 1.82) is 0 Å². The van der Waals surface area contributed by atoms with Crippen LogP contribution in [0.3, 0.4) is 0 Å². The first-order valence-electron chi connectivity index (χ1n) is 6.69. The van der Waals surface area contributed by atoms with Crippen LogP contribution < -0.4 is 11.1 Å². The van der Waals surface area contributed by atoms with Gasteiger partial charge in [-0.2, -0.15) is 0 Å². The molecule has 0 saturated heterocycles. The Morgan fingerprint density at radius 2 is 1.83 bits per heavy atom. The standard InChI is InChI=1S/C13H24N2O3/c1-8(2)7-11(14)12(16)15-10-5-3-9(4-6-10)13(17)18/h8-11H,3-7,14H2,1-2H3,(H,15,16)(H,17,18). The monoisotopic (exact) mass is 256 g/mol. The van der Waals surface area contributed by atoms with Gasteiger partial charge in [0.15, 0.2) is 0 Å². The molecule has 104 valence electrons. The average Bonchev–Trinajstić information content (AvgIpc) is 2.28. The van der Waals surface area contributed by atoms with Gasteiger partial charge >= 0.3 is 5.97 Å². The van der Waals surface area contributed by atoms with E-state index < -0.39 is 12.0 Å². The van der Waals surface area contributed by atoms with E-state index in [9.17, 15) is 9.59 Å². The van der Waals surface area contributed by atoms with Gasteiger partial charge in [-0.05, 0) is 38.0 Å². The third-order valence-electron chi connectivity index (χ3n) is 3.48. The predicted octanol–water partition coefficient (Wildman–Crippen LogP) is 1.12. The van der Waals surface area contributed by atoms with Crippen molar-refractivity contribution in [2.45, 2.75) is 58.0 Å². The third kappa shape index (κ3) is 4.64. The number of hydrogen-bond acceptors (Lipinski definition) is 3. The Balaban J connectivity index is 2.32. The molecule has 5 heteroatoms. The topological polar surface area (TPSA) is 92.4 Å². The molecule has 4 N–H and O–H groups in total. The summed E-state index contributed by atoms with van der Waals surface area (Å²) in [5.41, 5.74) is 5.80. The van der Waals surface area contributed by atoms with E-state index in [4.69, 9.17) is 10.8 Å². The van der Waals surface area contributed by atoms with Crippen molar-refractivity contribution in [1.82, 2.24) is 5.32 Å². The number of nitrogens with two attached hydrogens (primary N) is 1. The Bertz CT molecular complexity index is 297. The summed E-state index contributed by atoms with van der Waals surface area (Å²) in [7, 11) is 0. The van der Waals surface area contributed by atoms with Crippen LogP contribution in [0.5, 0.6) is 0 Å². The van der Waals surface area contributed by atoms with E-state index in [0.29, 0.717) is 25.2 Å². The Morgan fingerprint density at radius 3 is 2.28 bits per heavy atom. The molecule has 1 saturated carbocycles. The first-order chi connectivity index (χ1) is 8.40. The van der Waals surface area contributed by atoms with E-state index in [-0.39, 0.29) is 17.9 Å². The predicted molar refractivity (Wildman–Crippen MR) is 69.0 cm³/mol. The highest BCUT2D eigenvalue weighted by molar-refractivity contribution is 5.81. The molecule has 0 aromatic carbocycles. The maximum absolute atomic E-state index is 11.8. The van der Waals surface area contributed by atoms with Gasteiger partial charge in [0.2, 0.25) is 5.91 Å². The number of carbonyl (C=O) groups is 2. The van der Waals surface area contributed by atoms with Crippen LogP contribution >= 0.6 is 0 Å². The molecule has 1 unspecified atom stereocenters. The highest BCUT2D eigenvalue weighted by Crippen LogP contribution is 2.24. The van der Waals surface area contributed by atoms with Crippen LogP contribution in [0.25, 0.3) is 0 Å². The van der Waals surface area contributed by atoms with Gasteiger partial charge in [-0.1, -0.05) is 13.8 Å². The van der Waals surface area contributed by atoms with Crippen molar-refractivity contribution in [2.75, 3.05) is 0 Å². The molecule has 5 nitrogen and oxygen atoms in total. The summed E-state index contributed by atoms with van der Waals surface area (Å²) in [4.78, 5) is 22.6. The molecule has 1 fully saturated rings. The second-order valence-corrected chi connectivity index (χ2v) is 5.63. The van der Waals surface area contributed by atoms with Crippen molar-refractivity contribution in [3.63, 3.8) is 0 Å². The van der Waals surface area contributed by atoms with Crippen LogP contribution in [0.2, 0.25) is 0 Å². The first-order valence-corrected chi connectivity index (χ1v) is 6.69. The lowest BCUT2D eigenvalue weighted by Gasteiger charge is -2.28. The van der Waals surface area contributed by atoms with Gasteiger partial charge < -0.3 is 16.2 Å². The van der Waals surface area contributed by atoms with Gasteiger partial charge in [0.25, 0.3) is 0 Å². The molecule has 0 aromatic rings. The van der Waals surface area contributed by atoms with E-state index in [1.807, 2.05) is 13.8 Å². The molecule has 1 atom stereocenters. The van der Waals surface area contributed by atoms with Crippen molar-refractivity contribution >= 4 is 11.9 Å². The Morgan fingerprint density at radius 1 is 1.28 bits per heavy atom. The Kier molecular flexibility index (Phi) is 5.59. The lowest BCUT2D eigenvalue weighted by Crippen LogP contribution is -2.47. The Labute approximate surface area is 108 Å². The van der Waals surface area contributed by atoms with E-state index in [1.165, 1.54) is 0 Å². The Hall–Kier alpha value is -1.10. The summed E-state index contributed by atoms with van der Waals surface area (Å²) in [5, 5.41) is 11.8. The summed E-state index contributed by atoms with van der Waals surface area (Å²) in [6, 6.07) is -0.367. The number of rotatable bonds is 5. The quantitative estimate of drug-likeness (QED) is 0.687. The van der Waals surface area contributed by atoms with E-state index in [1.54, 1.807) is 0 Å². The van der Waals surface area contributed by atoms with Gasteiger partial charge in [-0.3, -0.25) is 9.59 Å². The molecule has 1 aliphatic carbocycles. The maximum Gasteiger partial charge on any atom is 0.306 e. The minimum absolute atomic E-state index is 0.0892. The van der Waals surface area contributed by atoms with Gasteiger partial charge in [-0.15, -0.1) is 0 Å². The molecule has 1 rings (SSSR count). The summed E-state index contributed by atoms with van der Waals surface area (Å²) in [5.74, 6) is -0.685. The summed E-state index contributed by atoms with van der Waals surface area (Å²) in [6.07, 6.45) is 3.42. The van der Waals surface area contributed by atoms with Crippen molar-refractivity contribution < 1.29 is 14.7 Å². The number of carboxylic acid groups (broad SMARTS) is 1. The fraction of sp³-hybridized carbons (Fsp3) is 0.846. The summed E-state index contributed by atoms with van der Waals surface area (Å²) < 4.78 is 0. The third-order valence-corrected chi connectivity index (χ3v) is 3.48. The molecule has 1 amide bonds. The summed E-state index contributed by atoms with van der Waals surface area (Å²) in [6.45, 7) is 4.07. The fourth-order valence-corrected chi connectivity index (χ4v) is 2.41.